The summed E-state index contributed by atoms with van der Waals surface area (Å²) in [6, 6.07) is 4.28. The van der Waals surface area contributed by atoms with Gasteiger partial charge in [0.1, 0.15) is 0 Å². The molecule has 0 spiro atoms. The first-order valence-corrected chi connectivity index (χ1v) is 6.98. The molecule has 2 aliphatic heterocycles. The number of benzene rings is 1. The Labute approximate surface area is 130 Å². The van der Waals surface area contributed by atoms with Gasteiger partial charge in [-0.15, -0.1) is 0 Å². The summed E-state index contributed by atoms with van der Waals surface area (Å²) in [5, 5.41) is 0. The molecule has 0 saturated carbocycles. The Hall–Kier alpha value is -2.56. The SMILES string of the molecule is [C-]#[N+]c1ccc2c(c1)C(=O)N1CCN(C(=O)C(F)(F)F)C[C@H]1C2. The summed E-state index contributed by atoms with van der Waals surface area (Å²) in [4.78, 5) is 29.4. The summed E-state index contributed by atoms with van der Waals surface area (Å²) in [7, 11) is 0. The molecule has 0 unspecified atom stereocenters. The number of hydrogen-bond donors (Lipinski definition) is 0. The van der Waals surface area contributed by atoms with Crippen molar-refractivity contribution in [2.75, 3.05) is 19.6 Å². The number of carbonyl (C=O) groups is 2. The molecule has 0 aliphatic carbocycles. The number of rotatable bonds is 0. The van der Waals surface area contributed by atoms with Crippen LogP contribution in [0, 0.1) is 6.57 Å². The largest absolute Gasteiger partial charge is 0.471 e. The Bertz CT molecular complexity index is 724. The summed E-state index contributed by atoms with van der Waals surface area (Å²) >= 11 is 0. The quantitative estimate of drug-likeness (QED) is 0.686. The van der Waals surface area contributed by atoms with Gasteiger partial charge in [0.05, 0.1) is 12.6 Å². The highest BCUT2D eigenvalue weighted by molar-refractivity contribution is 5.98. The van der Waals surface area contributed by atoms with Crippen LogP contribution < -0.4 is 0 Å². The van der Waals surface area contributed by atoms with Crippen molar-refractivity contribution in [2.24, 2.45) is 0 Å². The van der Waals surface area contributed by atoms with E-state index < -0.39 is 18.1 Å². The predicted octanol–water partition coefficient (Wildman–Crippen LogP) is 2.01. The lowest BCUT2D eigenvalue weighted by Gasteiger charge is -2.44. The van der Waals surface area contributed by atoms with Gasteiger partial charge in [0.2, 0.25) is 0 Å². The van der Waals surface area contributed by atoms with Gasteiger partial charge in [0.25, 0.3) is 5.91 Å². The van der Waals surface area contributed by atoms with Crippen LogP contribution in [-0.4, -0.2) is 53.5 Å². The van der Waals surface area contributed by atoms with Gasteiger partial charge in [0.15, 0.2) is 5.69 Å². The number of carbonyl (C=O) groups excluding carboxylic acids is 2. The highest BCUT2D eigenvalue weighted by Gasteiger charge is 2.46. The van der Waals surface area contributed by atoms with Crippen LogP contribution in [0.3, 0.4) is 0 Å². The fourth-order valence-electron chi connectivity index (χ4n) is 3.08. The second-order valence-electron chi connectivity index (χ2n) is 5.56. The van der Waals surface area contributed by atoms with E-state index in [1.165, 1.54) is 11.0 Å². The van der Waals surface area contributed by atoms with Crippen molar-refractivity contribution >= 4 is 17.5 Å². The van der Waals surface area contributed by atoms with E-state index in [0.717, 1.165) is 4.90 Å². The van der Waals surface area contributed by atoms with Crippen molar-refractivity contribution in [1.82, 2.24) is 9.80 Å². The zero-order valence-corrected chi connectivity index (χ0v) is 11.9. The number of nitrogens with zero attached hydrogens (tertiary/aromatic N) is 3. The maximum absolute atomic E-state index is 12.6. The monoisotopic (exact) mass is 323 g/mol. The van der Waals surface area contributed by atoms with Crippen molar-refractivity contribution < 1.29 is 22.8 Å². The van der Waals surface area contributed by atoms with Crippen molar-refractivity contribution in [3.8, 4) is 0 Å². The van der Waals surface area contributed by atoms with Crippen LogP contribution in [-0.2, 0) is 11.2 Å². The second kappa shape index (κ2) is 5.26. The van der Waals surface area contributed by atoms with Gasteiger partial charge < -0.3 is 9.80 Å². The van der Waals surface area contributed by atoms with E-state index in [9.17, 15) is 22.8 Å². The molecule has 1 atom stereocenters. The van der Waals surface area contributed by atoms with Crippen molar-refractivity contribution in [1.29, 1.82) is 0 Å². The average molecular weight is 323 g/mol. The molecule has 2 aliphatic rings. The number of piperazine rings is 1. The molecule has 0 N–H and O–H groups in total. The summed E-state index contributed by atoms with van der Waals surface area (Å²) in [5.41, 5.74) is 1.47. The fourth-order valence-corrected chi connectivity index (χ4v) is 3.08. The van der Waals surface area contributed by atoms with Crippen LogP contribution in [0.1, 0.15) is 15.9 Å². The van der Waals surface area contributed by atoms with Crippen molar-refractivity contribution in [3.05, 3.63) is 40.7 Å². The van der Waals surface area contributed by atoms with E-state index in [0.29, 0.717) is 23.2 Å². The maximum atomic E-state index is 12.6. The number of hydrogen-bond acceptors (Lipinski definition) is 2. The molecule has 1 aromatic rings. The van der Waals surface area contributed by atoms with Crippen molar-refractivity contribution in [2.45, 2.75) is 18.6 Å². The summed E-state index contributed by atoms with van der Waals surface area (Å²) in [6.07, 6.45) is -4.52. The third-order valence-electron chi connectivity index (χ3n) is 4.18. The molecule has 120 valence electrons. The van der Waals surface area contributed by atoms with E-state index in [2.05, 4.69) is 4.85 Å². The van der Waals surface area contributed by atoms with E-state index >= 15 is 0 Å². The number of amides is 2. The van der Waals surface area contributed by atoms with Crippen LogP contribution in [0.2, 0.25) is 0 Å². The Morgan fingerprint density at radius 1 is 1.30 bits per heavy atom. The van der Waals surface area contributed by atoms with Crippen LogP contribution in [0.25, 0.3) is 4.85 Å². The smallest absolute Gasteiger partial charge is 0.332 e. The molecule has 0 radical (unpaired) electrons. The minimum atomic E-state index is -4.90. The summed E-state index contributed by atoms with van der Waals surface area (Å²) in [5.74, 6) is -2.15. The van der Waals surface area contributed by atoms with Gasteiger partial charge in [-0.05, 0) is 18.1 Å². The predicted molar refractivity (Wildman–Crippen MR) is 73.9 cm³/mol. The van der Waals surface area contributed by atoms with Gasteiger partial charge >= 0.3 is 12.1 Å². The molecule has 1 saturated heterocycles. The van der Waals surface area contributed by atoms with E-state index in [4.69, 9.17) is 6.57 Å². The fraction of sp³-hybridized carbons (Fsp3) is 0.400. The molecule has 1 aromatic carbocycles. The molecule has 2 heterocycles. The molecule has 0 bridgehead atoms. The van der Waals surface area contributed by atoms with Crippen LogP contribution in [0.4, 0.5) is 18.9 Å². The van der Waals surface area contributed by atoms with Gasteiger partial charge in [-0.2, -0.15) is 13.2 Å². The number of alkyl halides is 3. The van der Waals surface area contributed by atoms with Gasteiger partial charge in [-0.3, -0.25) is 9.59 Å². The molecule has 8 heteroatoms. The van der Waals surface area contributed by atoms with Gasteiger partial charge in [-0.25, -0.2) is 4.85 Å². The molecular weight excluding hydrogens is 311 g/mol. The average Bonchev–Trinajstić information content (AvgIpc) is 2.52. The standard InChI is InChI=1S/C15H12F3N3O2/c1-19-10-3-2-9-6-11-8-20(14(23)15(16,17)18)4-5-21(11)13(22)12(9)7-10/h2-3,7,11H,4-6,8H2/t11-/m1/s1. The topological polar surface area (TPSA) is 45.0 Å². The highest BCUT2D eigenvalue weighted by Crippen LogP contribution is 2.30. The zero-order valence-electron chi connectivity index (χ0n) is 11.9. The maximum Gasteiger partial charge on any atom is 0.471 e. The molecule has 1 fully saturated rings. The van der Waals surface area contributed by atoms with Gasteiger partial charge in [-0.1, -0.05) is 12.1 Å². The lowest BCUT2D eigenvalue weighted by atomic mass is 9.91. The Balaban J connectivity index is 1.85. The summed E-state index contributed by atoms with van der Waals surface area (Å²) in [6.45, 7) is 6.78. The van der Waals surface area contributed by atoms with Crippen LogP contribution in [0.15, 0.2) is 18.2 Å². The summed E-state index contributed by atoms with van der Waals surface area (Å²) < 4.78 is 37.7. The molecule has 23 heavy (non-hydrogen) atoms. The normalized spacial score (nSPS) is 20.6. The first-order valence-electron chi connectivity index (χ1n) is 6.98. The second-order valence-corrected chi connectivity index (χ2v) is 5.56. The zero-order chi connectivity index (χ0) is 16.8. The Kier molecular flexibility index (Phi) is 3.51. The van der Waals surface area contributed by atoms with Gasteiger partial charge in [0, 0.05) is 25.2 Å². The molecular formula is C15H12F3N3O2. The third kappa shape index (κ3) is 2.63. The first-order chi connectivity index (χ1) is 10.8. The van der Waals surface area contributed by atoms with Crippen molar-refractivity contribution in [3.63, 3.8) is 0 Å². The minimum absolute atomic E-state index is 0.0625. The highest BCUT2D eigenvalue weighted by atomic mass is 19.4. The molecule has 3 rings (SSSR count). The lowest BCUT2D eigenvalue weighted by molar-refractivity contribution is -0.187. The lowest BCUT2D eigenvalue weighted by Crippen LogP contribution is -2.60. The first kappa shape index (κ1) is 15.3. The van der Waals surface area contributed by atoms with Crippen LogP contribution >= 0.6 is 0 Å². The number of fused-ring (bicyclic) bond motifs is 2. The minimum Gasteiger partial charge on any atom is -0.332 e. The Morgan fingerprint density at radius 3 is 2.70 bits per heavy atom. The molecule has 2 amide bonds. The third-order valence-corrected chi connectivity index (χ3v) is 4.18. The molecule has 0 aromatic heterocycles. The van der Waals surface area contributed by atoms with Crippen LogP contribution in [0.5, 0.6) is 0 Å². The van der Waals surface area contributed by atoms with E-state index in [1.807, 2.05) is 0 Å². The van der Waals surface area contributed by atoms with E-state index in [1.54, 1.807) is 12.1 Å². The molecule has 5 nitrogen and oxygen atoms in total. The number of halogens is 3. The Morgan fingerprint density at radius 2 is 2.04 bits per heavy atom. The van der Waals surface area contributed by atoms with E-state index in [-0.39, 0.29) is 25.5 Å².